The first kappa shape index (κ1) is 10.4. The van der Waals surface area contributed by atoms with Gasteiger partial charge in [0.25, 0.3) is 5.91 Å². The van der Waals surface area contributed by atoms with Crippen LogP contribution in [0, 0.1) is 0 Å². The summed E-state index contributed by atoms with van der Waals surface area (Å²) in [6, 6.07) is 5.74. The molecule has 0 saturated carbocycles. The lowest BCUT2D eigenvalue weighted by atomic mass is 10.2. The number of benzene rings is 1. The van der Waals surface area contributed by atoms with Crippen LogP contribution in [0.15, 0.2) is 18.2 Å². The van der Waals surface area contributed by atoms with Crippen LogP contribution >= 0.6 is 11.3 Å². The van der Waals surface area contributed by atoms with E-state index in [2.05, 4.69) is 5.32 Å². The van der Waals surface area contributed by atoms with Crippen LogP contribution in [-0.2, 0) is 0 Å². The Morgan fingerprint density at radius 1 is 1.47 bits per heavy atom. The summed E-state index contributed by atoms with van der Waals surface area (Å²) in [6.07, 6.45) is 0. The molecule has 0 unspecified atom stereocenters. The largest absolute Gasteiger partial charge is 0.497 e. The Kier molecular flexibility index (Phi) is 2.40. The third-order valence-corrected chi connectivity index (χ3v) is 3.84. The summed E-state index contributed by atoms with van der Waals surface area (Å²) in [5.74, 6) is 1.39. The molecule has 1 amide bonds. The Balaban J connectivity index is 2.25. The highest BCUT2D eigenvalue weighted by Crippen LogP contribution is 2.40. The van der Waals surface area contributed by atoms with Crippen LogP contribution in [0.1, 0.15) is 9.67 Å². The lowest BCUT2D eigenvalue weighted by molar-refractivity contribution is 0.0961. The van der Waals surface area contributed by atoms with Gasteiger partial charge in [0.05, 0.1) is 13.7 Å². The number of ether oxygens (including phenoxy) is 2. The van der Waals surface area contributed by atoms with E-state index in [9.17, 15) is 4.79 Å². The average molecular weight is 249 g/mol. The fourth-order valence-electron chi connectivity index (χ4n) is 1.87. The van der Waals surface area contributed by atoms with Crippen LogP contribution in [0.5, 0.6) is 11.5 Å². The number of hydrogen-bond donors (Lipinski definition) is 1. The molecule has 0 bridgehead atoms. The van der Waals surface area contributed by atoms with Gasteiger partial charge in [0.1, 0.15) is 17.2 Å². The normalized spacial score (nSPS) is 14.8. The van der Waals surface area contributed by atoms with Gasteiger partial charge in [-0.05, 0) is 18.2 Å². The van der Waals surface area contributed by atoms with E-state index in [0.29, 0.717) is 23.8 Å². The molecule has 4 nitrogen and oxygen atoms in total. The summed E-state index contributed by atoms with van der Waals surface area (Å²) in [6.45, 7) is 1.05. The van der Waals surface area contributed by atoms with E-state index in [-0.39, 0.29) is 5.91 Å². The van der Waals surface area contributed by atoms with Crippen molar-refractivity contribution in [3.8, 4) is 11.5 Å². The van der Waals surface area contributed by atoms with Gasteiger partial charge in [-0.25, -0.2) is 0 Å². The molecule has 2 heterocycles. The second-order valence-electron chi connectivity index (χ2n) is 3.73. The van der Waals surface area contributed by atoms with Crippen molar-refractivity contribution in [1.29, 1.82) is 0 Å². The zero-order valence-electron chi connectivity index (χ0n) is 9.28. The van der Waals surface area contributed by atoms with Gasteiger partial charge >= 0.3 is 0 Å². The standard InChI is InChI=1S/C12H11NO3S/c1-15-7-2-3-9-8(6-7)10-11(17-9)12(14)13-4-5-16-10/h2-3,6H,4-5H2,1H3,(H,13,14). The van der Waals surface area contributed by atoms with Gasteiger partial charge < -0.3 is 14.8 Å². The number of methoxy groups -OCH3 is 1. The molecule has 1 aromatic heterocycles. The molecule has 17 heavy (non-hydrogen) atoms. The third-order valence-electron chi connectivity index (χ3n) is 2.69. The van der Waals surface area contributed by atoms with Gasteiger partial charge in [-0.15, -0.1) is 11.3 Å². The molecule has 0 spiro atoms. The Morgan fingerprint density at radius 2 is 2.35 bits per heavy atom. The number of carbonyl (C=O) groups excluding carboxylic acids is 1. The second-order valence-corrected chi connectivity index (χ2v) is 4.78. The summed E-state index contributed by atoms with van der Waals surface area (Å²) < 4.78 is 11.9. The fourth-order valence-corrected chi connectivity index (χ4v) is 2.92. The first-order chi connectivity index (χ1) is 8.29. The molecule has 2 aromatic rings. The van der Waals surface area contributed by atoms with Crippen molar-refractivity contribution < 1.29 is 14.3 Å². The maximum absolute atomic E-state index is 11.8. The van der Waals surface area contributed by atoms with Crippen molar-refractivity contribution in [2.45, 2.75) is 0 Å². The van der Waals surface area contributed by atoms with Gasteiger partial charge in [-0.3, -0.25) is 4.79 Å². The number of carbonyl (C=O) groups is 1. The average Bonchev–Trinajstić information content (AvgIpc) is 2.62. The number of amides is 1. The molecule has 0 aliphatic carbocycles. The van der Waals surface area contributed by atoms with Crippen LogP contribution < -0.4 is 14.8 Å². The van der Waals surface area contributed by atoms with Gasteiger partial charge in [0, 0.05) is 10.1 Å². The Hall–Kier alpha value is -1.75. The van der Waals surface area contributed by atoms with E-state index in [1.165, 1.54) is 11.3 Å². The van der Waals surface area contributed by atoms with E-state index < -0.39 is 0 Å². The van der Waals surface area contributed by atoms with Gasteiger partial charge in [0.15, 0.2) is 5.75 Å². The van der Waals surface area contributed by atoms with Gasteiger partial charge in [0.2, 0.25) is 0 Å². The Labute approximate surface area is 102 Å². The van der Waals surface area contributed by atoms with Crippen molar-refractivity contribution in [2.75, 3.05) is 20.3 Å². The molecule has 0 atom stereocenters. The first-order valence-corrected chi connectivity index (χ1v) is 6.13. The van der Waals surface area contributed by atoms with Crippen molar-refractivity contribution in [2.24, 2.45) is 0 Å². The molecule has 0 saturated heterocycles. The predicted octanol–water partition coefficient (Wildman–Crippen LogP) is 2.03. The molecule has 1 N–H and O–H groups in total. The summed E-state index contributed by atoms with van der Waals surface area (Å²) in [5.41, 5.74) is 0. The maximum Gasteiger partial charge on any atom is 0.265 e. The quantitative estimate of drug-likeness (QED) is 0.841. The Morgan fingerprint density at radius 3 is 3.18 bits per heavy atom. The SMILES string of the molecule is COc1ccc2sc3c(c2c1)OCCNC3=O. The van der Waals surface area contributed by atoms with Crippen LogP contribution in [-0.4, -0.2) is 26.2 Å². The van der Waals surface area contributed by atoms with Crippen LogP contribution in [0.4, 0.5) is 0 Å². The molecular formula is C12H11NO3S. The number of nitrogens with one attached hydrogen (secondary N) is 1. The van der Waals surface area contributed by atoms with Gasteiger partial charge in [-0.2, -0.15) is 0 Å². The summed E-state index contributed by atoms with van der Waals surface area (Å²) in [4.78, 5) is 12.5. The highest BCUT2D eigenvalue weighted by Gasteiger charge is 2.22. The molecule has 3 rings (SSSR count). The minimum absolute atomic E-state index is 0.0577. The van der Waals surface area contributed by atoms with Crippen molar-refractivity contribution >= 4 is 27.3 Å². The smallest absolute Gasteiger partial charge is 0.265 e. The number of hydrogen-bond acceptors (Lipinski definition) is 4. The second kappa shape index (κ2) is 3.92. The van der Waals surface area contributed by atoms with E-state index in [1.807, 2.05) is 18.2 Å². The van der Waals surface area contributed by atoms with Crippen LogP contribution in [0.3, 0.4) is 0 Å². The monoisotopic (exact) mass is 249 g/mol. The Bertz CT molecular complexity index is 591. The van der Waals surface area contributed by atoms with Crippen molar-refractivity contribution in [3.63, 3.8) is 0 Å². The fraction of sp³-hybridized carbons (Fsp3) is 0.250. The molecular weight excluding hydrogens is 238 g/mol. The highest BCUT2D eigenvalue weighted by molar-refractivity contribution is 7.21. The van der Waals surface area contributed by atoms with Crippen molar-refractivity contribution in [3.05, 3.63) is 23.1 Å². The lowest BCUT2D eigenvalue weighted by Gasteiger charge is -2.03. The van der Waals surface area contributed by atoms with E-state index >= 15 is 0 Å². The zero-order valence-corrected chi connectivity index (χ0v) is 10.1. The topological polar surface area (TPSA) is 47.6 Å². The molecule has 1 aliphatic heterocycles. The predicted molar refractivity (Wildman–Crippen MR) is 66.2 cm³/mol. The number of fused-ring (bicyclic) bond motifs is 3. The van der Waals surface area contributed by atoms with Gasteiger partial charge in [-0.1, -0.05) is 0 Å². The first-order valence-electron chi connectivity index (χ1n) is 5.31. The number of rotatable bonds is 1. The van der Waals surface area contributed by atoms with E-state index in [4.69, 9.17) is 9.47 Å². The summed E-state index contributed by atoms with van der Waals surface area (Å²) in [7, 11) is 1.62. The molecule has 1 aliphatic rings. The minimum atomic E-state index is -0.0577. The highest BCUT2D eigenvalue weighted by atomic mass is 32.1. The lowest BCUT2D eigenvalue weighted by Crippen LogP contribution is -2.23. The van der Waals surface area contributed by atoms with Crippen LogP contribution in [0.2, 0.25) is 0 Å². The molecule has 0 radical (unpaired) electrons. The zero-order chi connectivity index (χ0) is 11.8. The molecule has 1 aromatic carbocycles. The molecule has 88 valence electrons. The maximum atomic E-state index is 11.8. The summed E-state index contributed by atoms with van der Waals surface area (Å²) >= 11 is 1.45. The molecule has 0 fully saturated rings. The summed E-state index contributed by atoms with van der Waals surface area (Å²) in [5, 5.41) is 3.75. The minimum Gasteiger partial charge on any atom is -0.497 e. The van der Waals surface area contributed by atoms with Crippen molar-refractivity contribution in [1.82, 2.24) is 5.32 Å². The molecule has 5 heteroatoms. The van der Waals surface area contributed by atoms with E-state index in [0.717, 1.165) is 15.8 Å². The third kappa shape index (κ3) is 1.63. The van der Waals surface area contributed by atoms with Crippen LogP contribution in [0.25, 0.3) is 10.1 Å². The van der Waals surface area contributed by atoms with E-state index in [1.54, 1.807) is 7.11 Å². The number of thiophene rings is 1.